The summed E-state index contributed by atoms with van der Waals surface area (Å²) < 4.78 is 32.3. The molecule has 20 heavy (non-hydrogen) atoms. The zero-order valence-electron chi connectivity index (χ0n) is 11.3. The molecule has 4 nitrogen and oxygen atoms in total. The van der Waals surface area contributed by atoms with Crippen LogP contribution in [0.2, 0.25) is 0 Å². The van der Waals surface area contributed by atoms with E-state index < -0.39 is 11.6 Å². The number of rotatable bonds is 4. The minimum absolute atomic E-state index is 0.0279. The zero-order chi connectivity index (χ0) is 14.7. The van der Waals surface area contributed by atoms with Crippen molar-refractivity contribution in [3.8, 4) is 0 Å². The highest BCUT2D eigenvalue weighted by Crippen LogP contribution is 2.26. The van der Waals surface area contributed by atoms with Gasteiger partial charge in [-0.05, 0) is 25.3 Å². The first-order valence-electron chi connectivity index (χ1n) is 6.25. The van der Waals surface area contributed by atoms with Gasteiger partial charge in [-0.25, -0.2) is 13.6 Å². The number of anilines is 1. The van der Waals surface area contributed by atoms with E-state index in [4.69, 9.17) is 4.74 Å². The summed E-state index contributed by atoms with van der Waals surface area (Å²) in [4.78, 5) is 13.6. The molecule has 0 aliphatic carbocycles. The summed E-state index contributed by atoms with van der Waals surface area (Å²) in [6.45, 7) is 3.34. The van der Waals surface area contributed by atoms with Gasteiger partial charge in [0.05, 0.1) is 24.2 Å². The van der Waals surface area contributed by atoms with Crippen molar-refractivity contribution in [1.29, 1.82) is 0 Å². The molecule has 1 saturated heterocycles. The number of amides is 2. The van der Waals surface area contributed by atoms with E-state index in [1.165, 1.54) is 0 Å². The molecule has 110 valence electrons. The maximum atomic E-state index is 13.6. The Labute approximate surface area is 120 Å². The lowest BCUT2D eigenvalue weighted by molar-refractivity contribution is -0.0459. The van der Waals surface area contributed by atoms with Gasteiger partial charge in [-0.1, -0.05) is 0 Å². The van der Waals surface area contributed by atoms with E-state index in [1.54, 1.807) is 11.2 Å². The van der Waals surface area contributed by atoms with Crippen LogP contribution in [0.15, 0.2) is 17.0 Å². The molecule has 1 aromatic carbocycles. The highest BCUT2D eigenvalue weighted by molar-refractivity contribution is 7.98. The zero-order valence-corrected chi connectivity index (χ0v) is 12.1. The average molecular weight is 302 g/mol. The number of halogens is 2. The number of likely N-dealkylation sites (N-methyl/N-ethyl adjacent to an activating group) is 1. The summed E-state index contributed by atoms with van der Waals surface area (Å²) in [6.07, 6.45) is 1.59. The summed E-state index contributed by atoms with van der Waals surface area (Å²) in [5.41, 5.74) is 0.112. The molecule has 0 spiro atoms. The summed E-state index contributed by atoms with van der Waals surface area (Å²) >= 11 is 0.988. The van der Waals surface area contributed by atoms with Gasteiger partial charge in [-0.3, -0.25) is 0 Å². The quantitative estimate of drug-likeness (QED) is 0.870. The lowest BCUT2D eigenvalue weighted by Crippen LogP contribution is -2.52. The van der Waals surface area contributed by atoms with Gasteiger partial charge in [0.25, 0.3) is 0 Å². The third-order valence-corrected chi connectivity index (χ3v) is 3.91. The van der Waals surface area contributed by atoms with Crippen molar-refractivity contribution in [2.24, 2.45) is 0 Å². The lowest BCUT2D eigenvalue weighted by Gasteiger charge is -2.36. The summed E-state index contributed by atoms with van der Waals surface area (Å²) in [5, 5.41) is 2.52. The minimum atomic E-state index is -0.678. The van der Waals surface area contributed by atoms with E-state index in [-0.39, 0.29) is 22.7 Å². The predicted molar refractivity (Wildman–Crippen MR) is 74.1 cm³/mol. The Balaban J connectivity index is 2.10. The molecule has 1 fully saturated rings. The fraction of sp³-hybridized carbons (Fsp3) is 0.462. The molecule has 1 aromatic rings. The predicted octanol–water partition coefficient (Wildman–Crippen LogP) is 2.94. The highest BCUT2D eigenvalue weighted by atomic mass is 32.2. The fourth-order valence-corrected chi connectivity index (χ4v) is 2.50. The molecule has 0 unspecified atom stereocenters. The van der Waals surface area contributed by atoms with Crippen LogP contribution in [0.1, 0.15) is 6.92 Å². The van der Waals surface area contributed by atoms with Crippen LogP contribution in [0.3, 0.4) is 0 Å². The molecular formula is C13H16F2N2O2S. The van der Waals surface area contributed by atoms with Crippen molar-refractivity contribution in [1.82, 2.24) is 4.90 Å². The number of thioether (sulfide) groups is 1. The number of carbonyl (C=O) groups excluding carboxylic acids is 1. The van der Waals surface area contributed by atoms with Crippen LogP contribution < -0.4 is 5.32 Å². The average Bonchev–Trinajstić information content (AvgIpc) is 2.32. The van der Waals surface area contributed by atoms with Crippen LogP contribution in [0.4, 0.5) is 19.3 Å². The van der Waals surface area contributed by atoms with E-state index in [0.29, 0.717) is 19.8 Å². The van der Waals surface area contributed by atoms with Gasteiger partial charge in [0.15, 0.2) is 0 Å². The van der Waals surface area contributed by atoms with Crippen molar-refractivity contribution in [3.63, 3.8) is 0 Å². The number of nitrogens with one attached hydrogen (secondary N) is 1. The monoisotopic (exact) mass is 302 g/mol. The van der Waals surface area contributed by atoms with Crippen molar-refractivity contribution < 1.29 is 18.3 Å². The van der Waals surface area contributed by atoms with Crippen LogP contribution in [-0.4, -0.2) is 43.0 Å². The van der Waals surface area contributed by atoms with E-state index in [2.05, 4.69) is 5.32 Å². The first-order chi connectivity index (χ1) is 9.56. The van der Waals surface area contributed by atoms with Crippen LogP contribution >= 0.6 is 11.8 Å². The van der Waals surface area contributed by atoms with Crippen molar-refractivity contribution in [2.45, 2.75) is 17.9 Å². The molecular weight excluding hydrogens is 286 g/mol. The molecule has 0 radical (unpaired) electrons. The maximum absolute atomic E-state index is 13.6. The first kappa shape index (κ1) is 15.1. The van der Waals surface area contributed by atoms with Gasteiger partial charge in [-0.15, -0.1) is 11.8 Å². The number of hydrogen-bond donors (Lipinski definition) is 1. The summed E-state index contributed by atoms with van der Waals surface area (Å²) in [5.74, 6) is -1.36. The number of urea groups is 1. The van der Waals surface area contributed by atoms with Crippen molar-refractivity contribution in [3.05, 3.63) is 23.8 Å². The molecule has 2 amide bonds. The van der Waals surface area contributed by atoms with Gasteiger partial charge in [0, 0.05) is 12.2 Å². The molecule has 0 bridgehead atoms. The van der Waals surface area contributed by atoms with Gasteiger partial charge >= 0.3 is 6.03 Å². The first-order valence-corrected chi connectivity index (χ1v) is 7.47. The normalized spacial score (nSPS) is 14.8. The molecule has 0 aromatic heterocycles. The van der Waals surface area contributed by atoms with Crippen LogP contribution in [0.5, 0.6) is 0 Å². The largest absolute Gasteiger partial charge is 0.377 e. The number of ether oxygens (including phenoxy) is 1. The van der Waals surface area contributed by atoms with Crippen LogP contribution in [0, 0.1) is 11.6 Å². The molecule has 1 N–H and O–H groups in total. The Bertz CT molecular complexity index is 486. The standard InChI is InChI=1S/C13H16F2N2O2S/c1-3-17(9-6-19-7-9)13(18)16-8-4-10(14)12(20-2)11(15)5-8/h4-5,9H,3,6-7H2,1-2H3,(H,16,18). The Hall–Kier alpha value is -1.34. The second kappa shape index (κ2) is 6.41. The van der Waals surface area contributed by atoms with E-state index in [0.717, 1.165) is 23.9 Å². The van der Waals surface area contributed by atoms with Crippen LogP contribution in [0.25, 0.3) is 0 Å². The van der Waals surface area contributed by atoms with Gasteiger partial charge in [-0.2, -0.15) is 0 Å². The van der Waals surface area contributed by atoms with E-state index >= 15 is 0 Å². The number of hydrogen-bond acceptors (Lipinski definition) is 3. The van der Waals surface area contributed by atoms with Gasteiger partial charge in [0.1, 0.15) is 11.6 Å². The Morgan fingerprint density at radius 3 is 2.45 bits per heavy atom. The Morgan fingerprint density at radius 2 is 2.05 bits per heavy atom. The van der Waals surface area contributed by atoms with Crippen molar-refractivity contribution >= 4 is 23.5 Å². The number of carbonyl (C=O) groups is 1. The third kappa shape index (κ3) is 3.04. The van der Waals surface area contributed by atoms with Crippen molar-refractivity contribution in [2.75, 3.05) is 31.3 Å². The van der Waals surface area contributed by atoms with Gasteiger partial charge in [0.2, 0.25) is 0 Å². The van der Waals surface area contributed by atoms with E-state index in [1.807, 2.05) is 6.92 Å². The van der Waals surface area contributed by atoms with Gasteiger partial charge < -0.3 is 15.0 Å². The maximum Gasteiger partial charge on any atom is 0.322 e. The third-order valence-electron chi connectivity index (χ3n) is 3.12. The summed E-state index contributed by atoms with van der Waals surface area (Å²) in [7, 11) is 0. The SMILES string of the molecule is CCN(C(=O)Nc1cc(F)c(SC)c(F)c1)C1COC1. The molecule has 7 heteroatoms. The topological polar surface area (TPSA) is 41.6 Å². The number of nitrogens with zero attached hydrogens (tertiary/aromatic N) is 1. The second-order valence-electron chi connectivity index (χ2n) is 4.38. The Morgan fingerprint density at radius 1 is 1.45 bits per heavy atom. The smallest absolute Gasteiger partial charge is 0.322 e. The Kier molecular flexibility index (Phi) is 4.82. The summed E-state index contributed by atoms with van der Waals surface area (Å²) in [6, 6.07) is 1.90. The molecule has 0 saturated carbocycles. The molecule has 2 rings (SSSR count). The molecule has 1 aliphatic heterocycles. The highest BCUT2D eigenvalue weighted by Gasteiger charge is 2.28. The minimum Gasteiger partial charge on any atom is -0.377 e. The lowest BCUT2D eigenvalue weighted by atomic mass is 10.2. The van der Waals surface area contributed by atoms with Crippen LogP contribution in [-0.2, 0) is 4.74 Å². The number of benzene rings is 1. The van der Waals surface area contributed by atoms with E-state index in [9.17, 15) is 13.6 Å². The molecule has 0 atom stereocenters. The molecule has 1 aliphatic rings. The molecule has 1 heterocycles. The fourth-order valence-electron chi connectivity index (χ4n) is 1.99. The second-order valence-corrected chi connectivity index (χ2v) is 5.20.